The van der Waals surface area contributed by atoms with Gasteiger partial charge in [-0.1, -0.05) is 24.4 Å². The molecule has 5 nitrogen and oxygen atoms in total. The molecule has 1 aromatic carbocycles. The van der Waals surface area contributed by atoms with Gasteiger partial charge in [0.15, 0.2) is 0 Å². The summed E-state index contributed by atoms with van der Waals surface area (Å²) in [6, 6.07) is 2.79. The summed E-state index contributed by atoms with van der Waals surface area (Å²) in [6.07, 6.45) is 4.17. The summed E-state index contributed by atoms with van der Waals surface area (Å²) in [6.45, 7) is 1.70. The summed E-state index contributed by atoms with van der Waals surface area (Å²) in [7, 11) is -2.15. The molecule has 21 heavy (non-hydrogen) atoms. The molecular weight excluding hydrogens is 312 g/mol. The highest BCUT2D eigenvalue weighted by atomic mass is 35.5. The van der Waals surface area contributed by atoms with Crippen molar-refractivity contribution >= 4 is 27.5 Å². The lowest BCUT2D eigenvalue weighted by atomic mass is 10.1. The van der Waals surface area contributed by atoms with Gasteiger partial charge in [0.2, 0.25) is 10.0 Å². The van der Waals surface area contributed by atoms with E-state index in [1.54, 1.807) is 18.9 Å². The summed E-state index contributed by atoms with van der Waals surface area (Å²) in [5, 5.41) is 5.36. The third-order valence-electron chi connectivity index (χ3n) is 4.07. The molecule has 2 N–H and O–H groups in total. The standard InChI is InChI=1S/C14H19ClN2O3S/c1-9-12(7-11(8-13(9)15)21(16,19)20)14(18)17(2)10-5-3-4-6-10/h7-8,10H,3-6H2,1-2H3,(H2,16,19,20). The fourth-order valence-corrected chi connectivity index (χ4v) is 3.54. The van der Waals surface area contributed by atoms with Crippen molar-refractivity contribution in [3.63, 3.8) is 0 Å². The molecule has 0 radical (unpaired) electrons. The third kappa shape index (κ3) is 3.39. The molecule has 2 rings (SSSR count). The van der Waals surface area contributed by atoms with E-state index < -0.39 is 10.0 Å². The van der Waals surface area contributed by atoms with Crippen LogP contribution in [0.25, 0.3) is 0 Å². The average Bonchev–Trinajstić information content (AvgIpc) is 2.92. The summed E-state index contributed by atoms with van der Waals surface area (Å²) in [5.74, 6) is -0.216. The van der Waals surface area contributed by atoms with Gasteiger partial charge in [0.25, 0.3) is 5.91 Å². The van der Waals surface area contributed by atoms with E-state index in [4.69, 9.17) is 16.7 Å². The Balaban J connectivity index is 2.42. The first-order valence-electron chi connectivity index (χ1n) is 6.82. The van der Waals surface area contributed by atoms with Gasteiger partial charge >= 0.3 is 0 Å². The van der Waals surface area contributed by atoms with Gasteiger partial charge in [0.05, 0.1) is 4.90 Å². The Labute approximate surface area is 130 Å². The number of rotatable bonds is 3. The van der Waals surface area contributed by atoms with Crippen LogP contribution >= 0.6 is 11.6 Å². The number of primary sulfonamides is 1. The molecule has 0 atom stereocenters. The Hall–Kier alpha value is -1.11. The predicted molar refractivity (Wildman–Crippen MR) is 81.9 cm³/mol. The maximum atomic E-state index is 12.6. The molecule has 0 spiro atoms. The van der Waals surface area contributed by atoms with Crippen LogP contribution in [0.1, 0.15) is 41.6 Å². The van der Waals surface area contributed by atoms with Crippen LogP contribution in [0.2, 0.25) is 5.02 Å². The highest BCUT2D eigenvalue weighted by Gasteiger charge is 2.26. The molecule has 1 saturated carbocycles. The van der Waals surface area contributed by atoms with Crippen LogP contribution in [0.4, 0.5) is 0 Å². The number of sulfonamides is 1. The van der Waals surface area contributed by atoms with Crippen LogP contribution in [0, 0.1) is 6.92 Å². The van der Waals surface area contributed by atoms with Crippen LogP contribution in [0.5, 0.6) is 0 Å². The van der Waals surface area contributed by atoms with Gasteiger partial charge in [-0.2, -0.15) is 0 Å². The van der Waals surface area contributed by atoms with Gasteiger partial charge in [-0.05, 0) is 37.5 Å². The van der Waals surface area contributed by atoms with Crippen molar-refractivity contribution in [2.24, 2.45) is 5.14 Å². The molecule has 1 fully saturated rings. The van der Waals surface area contributed by atoms with Crippen molar-refractivity contribution in [1.29, 1.82) is 0 Å². The number of halogens is 1. The number of carbonyl (C=O) groups is 1. The van der Waals surface area contributed by atoms with Gasteiger partial charge in [-0.3, -0.25) is 4.79 Å². The SMILES string of the molecule is Cc1c(Cl)cc(S(N)(=O)=O)cc1C(=O)N(C)C1CCCC1. The number of nitrogens with two attached hydrogens (primary N) is 1. The summed E-state index contributed by atoms with van der Waals surface area (Å²) in [4.78, 5) is 14.2. The first-order chi connectivity index (χ1) is 9.71. The Bertz CT molecular complexity index is 667. The Kier molecular flexibility index (Phi) is 4.60. The second-order valence-corrected chi connectivity index (χ2v) is 7.45. The van der Waals surface area contributed by atoms with Crippen molar-refractivity contribution in [1.82, 2.24) is 4.90 Å². The number of amides is 1. The average molecular weight is 331 g/mol. The zero-order chi connectivity index (χ0) is 15.8. The smallest absolute Gasteiger partial charge is 0.254 e. The molecule has 7 heteroatoms. The number of hydrogen-bond donors (Lipinski definition) is 1. The topological polar surface area (TPSA) is 80.5 Å². The summed E-state index contributed by atoms with van der Waals surface area (Å²) in [5.41, 5.74) is 0.861. The number of nitrogens with zero attached hydrogens (tertiary/aromatic N) is 1. The van der Waals surface area contributed by atoms with E-state index in [0.29, 0.717) is 11.1 Å². The summed E-state index contributed by atoms with van der Waals surface area (Å²) < 4.78 is 23.0. The van der Waals surface area contributed by atoms with Crippen LogP contribution in [0.3, 0.4) is 0 Å². The van der Waals surface area contributed by atoms with E-state index >= 15 is 0 Å². The van der Waals surface area contributed by atoms with Crippen molar-refractivity contribution < 1.29 is 13.2 Å². The van der Waals surface area contributed by atoms with E-state index in [-0.39, 0.29) is 21.9 Å². The minimum Gasteiger partial charge on any atom is -0.339 e. The molecule has 1 aliphatic carbocycles. The molecule has 116 valence electrons. The number of hydrogen-bond acceptors (Lipinski definition) is 3. The molecule has 1 aromatic rings. The largest absolute Gasteiger partial charge is 0.339 e. The van der Waals surface area contributed by atoms with Crippen LogP contribution < -0.4 is 5.14 Å². The maximum absolute atomic E-state index is 12.6. The Morgan fingerprint density at radius 2 is 1.90 bits per heavy atom. The van der Waals surface area contributed by atoms with Crippen LogP contribution in [-0.2, 0) is 10.0 Å². The van der Waals surface area contributed by atoms with Gasteiger partial charge in [-0.15, -0.1) is 0 Å². The Morgan fingerprint density at radius 3 is 2.43 bits per heavy atom. The van der Waals surface area contributed by atoms with Crippen LogP contribution in [0.15, 0.2) is 17.0 Å². The van der Waals surface area contributed by atoms with E-state index in [1.807, 2.05) is 0 Å². The monoisotopic (exact) mass is 330 g/mol. The highest BCUT2D eigenvalue weighted by molar-refractivity contribution is 7.89. The van der Waals surface area contributed by atoms with Crippen molar-refractivity contribution in [3.05, 3.63) is 28.3 Å². The maximum Gasteiger partial charge on any atom is 0.254 e. The second-order valence-electron chi connectivity index (χ2n) is 5.48. The molecule has 0 aliphatic heterocycles. The van der Waals surface area contributed by atoms with E-state index in [2.05, 4.69) is 0 Å². The van der Waals surface area contributed by atoms with Gasteiger partial charge < -0.3 is 4.90 Å². The first-order valence-corrected chi connectivity index (χ1v) is 8.74. The van der Waals surface area contributed by atoms with Gasteiger partial charge in [0, 0.05) is 23.7 Å². The second kappa shape index (κ2) is 5.94. The molecule has 1 amide bonds. The first kappa shape index (κ1) is 16.3. The lowest BCUT2D eigenvalue weighted by molar-refractivity contribution is 0.0734. The van der Waals surface area contributed by atoms with E-state index in [0.717, 1.165) is 25.7 Å². The van der Waals surface area contributed by atoms with Gasteiger partial charge in [-0.25, -0.2) is 13.6 Å². The molecular formula is C14H19ClN2O3S. The van der Waals surface area contributed by atoms with Crippen LogP contribution in [-0.4, -0.2) is 32.3 Å². The fraction of sp³-hybridized carbons (Fsp3) is 0.500. The molecule has 0 saturated heterocycles. The number of carbonyl (C=O) groups excluding carboxylic acids is 1. The molecule has 0 aromatic heterocycles. The summed E-state index contributed by atoms with van der Waals surface area (Å²) >= 11 is 6.04. The quantitative estimate of drug-likeness (QED) is 0.923. The van der Waals surface area contributed by atoms with Crippen molar-refractivity contribution in [2.45, 2.75) is 43.5 Å². The number of benzene rings is 1. The Morgan fingerprint density at radius 1 is 1.33 bits per heavy atom. The normalized spacial score (nSPS) is 16.2. The minimum atomic E-state index is -3.90. The molecule has 0 heterocycles. The highest BCUT2D eigenvalue weighted by Crippen LogP contribution is 2.28. The van der Waals surface area contributed by atoms with Gasteiger partial charge in [0.1, 0.15) is 0 Å². The lowest BCUT2D eigenvalue weighted by Crippen LogP contribution is -2.35. The zero-order valence-electron chi connectivity index (χ0n) is 12.1. The third-order valence-corrected chi connectivity index (χ3v) is 5.35. The molecule has 0 bridgehead atoms. The van der Waals surface area contributed by atoms with Crippen molar-refractivity contribution in [2.75, 3.05) is 7.05 Å². The lowest BCUT2D eigenvalue weighted by Gasteiger charge is -2.25. The minimum absolute atomic E-state index is 0.138. The van der Waals surface area contributed by atoms with Crippen molar-refractivity contribution in [3.8, 4) is 0 Å². The fourth-order valence-electron chi connectivity index (χ4n) is 2.69. The van der Waals surface area contributed by atoms with E-state index in [9.17, 15) is 13.2 Å². The predicted octanol–water partition coefficient (Wildman–Crippen LogP) is 2.31. The van der Waals surface area contributed by atoms with E-state index in [1.165, 1.54) is 12.1 Å². The zero-order valence-corrected chi connectivity index (χ0v) is 13.7. The molecule has 1 aliphatic rings. The molecule has 0 unspecified atom stereocenters.